The van der Waals surface area contributed by atoms with E-state index in [0.29, 0.717) is 35.4 Å². The van der Waals surface area contributed by atoms with Gasteiger partial charge in [-0.15, -0.1) is 11.8 Å². The van der Waals surface area contributed by atoms with Crippen molar-refractivity contribution >= 4 is 47.0 Å². The highest BCUT2D eigenvalue weighted by molar-refractivity contribution is 8.00. The summed E-state index contributed by atoms with van der Waals surface area (Å²) in [5.74, 6) is -4.88. The van der Waals surface area contributed by atoms with Gasteiger partial charge in [0.2, 0.25) is 17.7 Å². The van der Waals surface area contributed by atoms with Gasteiger partial charge in [0.15, 0.2) is 6.61 Å². The number of ether oxygens (including phenoxy) is 1. The van der Waals surface area contributed by atoms with E-state index in [1.807, 2.05) is 0 Å². The number of carbonyl (C=O) groups excluding carboxylic acids is 4. The molecule has 0 bridgehead atoms. The second-order valence-electron chi connectivity index (χ2n) is 12.8. The molecular formula is C38H42F2N4O8S. The van der Waals surface area contributed by atoms with E-state index in [4.69, 9.17) is 11.2 Å². The van der Waals surface area contributed by atoms with Crippen LogP contribution in [0.2, 0.25) is 0 Å². The van der Waals surface area contributed by atoms with Crippen LogP contribution in [0.1, 0.15) is 63.2 Å². The number of aliphatic hydroxyl groups excluding tert-OH is 1. The van der Waals surface area contributed by atoms with E-state index in [9.17, 15) is 37.9 Å². The minimum absolute atomic E-state index is 0.00526. The van der Waals surface area contributed by atoms with E-state index in [-0.39, 0.29) is 18.1 Å². The fourth-order valence-corrected chi connectivity index (χ4v) is 7.54. The molecule has 282 valence electrons. The maximum absolute atomic E-state index is 13.7. The summed E-state index contributed by atoms with van der Waals surface area (Å²) < 4.78 is 41.4. The largest absolute Gasteiger partial charge is 0.484 e. The highest BCUT2D eigenvalue weighted by Crippen LogP contribution is 2.46. The summed E-state index contributed by atoms with van der Waals surface area (Å²) in [5, 5.41) is 26.2. The number of benzene rings is 3. The van der Waals surface area contributed by atoms with Gasteiger partial charge in [0.05, 0.1) is 18.7 Å². The van der Waals surface area contributed by atoms with Crippen LogP contribution in [0, 0.1) is 17.5 Å². The highest BCUT2D eigenvalue weighted by atomic mass is 32.2. The number of hydrogen-bond acceptors (Lipinski definition) is 8. The molecule has 5 rings (SSSR count). The molecule has 0 aromatic heterocycles. The molecule has 1 saturated carbocycles. The maximum Gasteiger partial charge on any atom is 0.322 e. The van der Waals surface area contributed by atoms with Gasteiger partial charge in [-0.3, -0.25) is 24.0 Å². The van der Waals surface area contributed by atoms with Gasteiger partial charge in [0.1, 0.15) is 35.2 Å². The number of nitrogens with one attached hydrogen (secondary N) is 3. The van der Waals surface area contributed by atoms with Crippen molar-refractivity contribution in [1.82, 2.24) is 16.0 Å². The lowest BCUT2D eigenvalue weighted by molar-refractivity contribution is -0.138. The second kappa shape index (κ2) is 18.6. The number of amides is 4. The summed E-state index contributed by atoms with van der Waals surface area (Å²) in [6, 6.07) is 16.0. The molecule has 1 aliphatic carbocycles. The standard InChI is InChI=1S/C38H42F2N4O8S/c39-26-10-6-24(7-11-26)31(45)22-53-36-35(44(38(36)51)28-14-12-27(40)13-15-28)25-8-16-29(17-9-25)52-21-33(47)41-19-32(46)43-30(37(50)42-20-34(48)49)18-23-4-2-1-3-5-23/h6-17,23,30-31,35-36,45H,1-5,18-22H2,(H,41,47)(H,42,50)(H,43,46)(H,48,49)/t30-,31-,35+,36+/m0/s1/i23D. The van der Waals surface area contributed by atoms with Gasteiger partial charge in [-0.05, 0) is 72.0 Å². The van der Waals surface area contributed by atoms with Crippen LogP contribution in [0.3, 0.4) is 0 Å². The van der Waals surface area contributed by atoms with E-state index in [1.165, 1.54) is 65.2 Å². The molecule has 3 aromatic carbocycles. The number of nitrogens with zero attached hydrogens (tertiary/aromatic N) is 1. The number of aliphatic carboxylic acids is 1. The van der Waals surface area contributed by atoms with Gasteiger partial charge in [0.25, 0.3) is 5.91 Å². The van der Waals surface area contributed by atoms with Crippen molar-refractivity contribution in [3.8, 4) is 5.75 Å². The van der Waals surface area contributed by atoms with Crippen LogP contribution < -0.4 is 25.6 Å². The number of rotatable bonds is 17. The third kappa shape index (κ3) is 11.0. The average molecular weight is 754 g/mol. The predicted octanol–water partition coefficient (Wildman–Crippen LogP) is 4.04. The number of carboxylic acids is 1. The lowest BCUT2D eigenvalue weighted by Crippen LogP contribution is -2.57. The Bertz CT molecular complexity index is 1800. The van der Waals surface area contributed by atoms with Gasteiger partial charge in [-0.1, -0.05) is 56.4 Å². The average Bonchev–Trinajstić information content (AvgIpc) is 3.15. The molecule has 3 aromatic rings. The summed E-state index contributed by atoms with van der Waals surface area (Å²) in [6.07, 6.45) is 2.77. The lowest BCUT2D eigenvalue weighted by Gasteiger charge is -2.47. The summed E-state index contributed by atoms with van der Waals surface area (Å²) in [6.45, 7) is -1.58. The summed E-state index contributed by atoms with van der Waals surface area (Å²) >= 11 is 1.24. The van der Waals surface area contributed by atoms with Crippen molar-refractivity contribution in [2.75, 3.05) is 30.3 Å². The number of β-lactam (4-membered cyclic amide) rings is 1. The first kappa shape index (κ1) is 37.7. The molecule has 1 saturated heterocycles. The molecule has 0 spiro atoms. The minimum atomic E-state index is -1.25. The fourth-order valence-electron chi connectivity index (χ4n) is 6.24. The molecule has 15 heteroatoms. The zero-order valence-corrected chi connectivity index (χ0v) is 29.6. The van der Waals surface area contributed by atoms with Gasteiger partial charge < -0.3 is 35.8 Å². The van der Waals surface area contributed by atoms with E-state index in [0.717, 1.165) is 19.3 Å². The van der Waals surface area contributed by atoms with Crippen molar-refractivity contribution in [3.63, 3.8) is 0 Å². The van der Waals surface area contributed by atoms with Crippen LogP contribution >= 0.6 is 11.8 Å². The van der Waals surface area contributed by atoms with Crippen LogP contribution in [0.15, 0.2) is 72.8 Å². The van der Waals surface area contributed by atoms with Crippen LogP contribution in [0.4, 0.5) is 14.5 Å². The summed E-state index contributed by atoms with van der Waals surface area (Å²) in [4.78, 5) is 63.8. The zero-order valence-electron chi connectivity index (χ0n) is 29.8. The van der Waals surface area contributed by atoms with Crippen molar-refractivity contribution in [1.29, 1.82) is 0 Å². The van der Waals surface area contributed by atoms with Crippen molar-refractivity contribution in [2.24, 2.45) is 5.89 Å². The van der Waals surface area contributed by atoms with E-state index in [1.54, 1.807) is 24.3 Å². The monoisotopic (exact) mass is 753 g/mol. The smallest absolute Gasteiger partial charge is 0.322 e. The van der Waals surface area contributed by atoms with Gasteiger partial charge in [-0.25, -0.2) is 8.78 Å². The van der Waals surface area contributed by atoms with Crippen molar-refractivity contribution in [3.05, 3.63) is 95.6 Å². The van der Waals surface area contributed by atoms with Crippen LogP contribution in [-0.4, -0.2) is 76.6 Å². The zero-order chi connectivity index (χ0) is 38.8. The predicted molar refractivity (Wildman–Crippen MR) is 193 cm³/mol. The first-order valence-electron chi connectivity index (χ1n) is 17.7. The number of anilines is 1. The molecule has 1 heterocycles. The second-order valence-corrected chi connectivity index (χ2v) is 14.0. The number of halogens is 2. The third-order valence-electron chi connectivity index (χ3n) is 9.00. The number of carboxylic acid groups (broad SMARTS) is 1. The molecule has 12 nitrogen and oxygen atoms in total. The van der Waals surface area contributed by atoms with Crippen LogP contribution in [-0.2, 0) is 24.0 Å². The molecular weight excluding hydrogens is 711 g/mol. The van der Waals surface area contributed by atoms with Gasteiger partial charge in [0, 0.05) is 12.8 Å². The Balaban J connectivity index is 1.16. The Morgan fingerprint density at radius 3 is 2.17 bits per heavy atom. The first-order valence-corrected chi connectivity index (χ1v) is 18.3. The molecule has 0 unspecified atom stereocenters. The lowest BCUT2D eigenvalue weighted by atomic mass is 9.84. The Morgan fingerprint density at radius 1 is 0.887 bits per heavy atom. The Hall–Kier alpha value is -5.02. The quantitative estimate of drug-likeness (QED) is 0.128. The van der Waals surface area contributed by atoms with Crippen LogP contribution in [0.25, 0.3) is 0 Å². The van der Waals surface area contributed by atoms with Crippen molar-refractivity contribution in [2.45, 2.75) is 62.0 Å². The Kier molecular flexibility index (Phi) is 13.3. The van der Waals surface area contributed by atoms with E-state index in [2.05, 4.69) is 16.0 Å². The minimum Gasteiger partial charge on any atom is -0.484 e. The number of hydrogen-bond donors (Lipinski definition) is 5. The fraction of sp³-hybridized carbons (Fsp3) is 0.395. The molecule has 5 N–H and O–H groups in total. The Labute approximate surface area is 311 Å². The SMILES string of the molecule is [2H]C1(C[C@H](NC(=O)CNC(=O)COc2ccc([C@@H]3[C@@H](SC[C@H](O)c4ccc(F)cc4)C(=O)N3c3ccc(F)cc3)cc2)C(=O)NCC(=O)O)CCCCC1. The van der Waals surface area contributed by atoms with Crippen LogP contribution in [0.5, 0.6) is 5.75 Å². The summed E-state index contributed by atoms with van der Waals surface area (Å²) in [7, 11) is 0. The first-order chi connectivity index (χ1) is 25.8. The number of aliphatic hydroxyl groups is 1. The molecule has 1 aliphatic heterocycles. The molecule has 0 radical (unpaired) electrons. The van der Waals surface area contributed by atoms with E-state index >= 15 is 0 Å². The van der Waals surface area contributed by atoms with E-state index < -0.39 is 84.4 Å². The number of carbonyl (C=O) groups is 5. The maximum atomic E-state index is 13.7. The molecule has 4 amide bonds. The third-order valence-corrected chi connectivity index (χ3v) is 10.3. The normalized spacial score (nSPS) is 19.2. The topological polar surface area (TPSA) is 174 Å². The summed E-state index contributed by atoms with van der Waals surface area (Å²) in [5.41, 5.74) is 1.71. The molecule has 2 aliphatic rings. The Morgan fingerprint density at radius 2 is 1.53 bits per heavy atom. The number of thioether (sulfide) groups is 1. The molecule has 4 atom stereocenters. The molecule has 53 heavy (non-hydrogen) atoms. The molecule has 2 fully saturated rings. The highest BCUT2D eigenvalue weighted by Gasteiger charge is 2.49. The van der Waals surface area contributed by atoms with Gasteiger partial charge >= 0.3 is 5.97 Å². The van der Waals surface area contributed by atoms with Crippen molar-refractivity contribution < 1.29 is 49.1 Å². The van der Waals surface area contributed by atoms with Gasteiger partial charge in [-0.2, -0.15) is 0 Å².